The molecule has 1 amide bonds. The van der Waals surface area contributed by atoms with Gasteiger partial charge in [-0.25, -0.2) is 0 Å². The van der Waals surface area contributed by atoms with Gasteiger partial charge in [-0.05, 0) is 36.8 Å². The topological polar surface area (TPSA) is 47.3 Å². The third-order valence-electron chi connectivity index (χ3n) is 4.59. The molecule has 0 saturated carbocycles. The molecular formula is C20H18F3N3O. The maximum absolute atomic E-state index is 12.9. The second kappa shape index (κ2) is 7.70. The molecule has 1 aliphatic rings. The number of amides is 1. The Morgan fingerprint density at radius 2 is 1.74 bits per heavy atom. The molecule has 0 aliphatic carbocycles. The van der Waals surface area contributed by atoms with E-state index in [2.05, 4.69) is 0 Å². The summed E-state index contributed by atoms with van der Waals surface area (Å²) >= 11 is 0. The number of anilines is 1. The minimum absolute atomic E-state index is 0.00680. The normalized spacial score (nSPS) is 15.2. The van der Waals surface area contributed by atoms with Gasteiger partial charge in [0.05, 0.1) is 16.8 Å². The number of halogens is 3. The van der Waals surface area contributed by atoms with Crippen LogP contribution in [0.25, 0.3) is 0 Å². The summed E-state index contributed by atoms with van der Waals surface area (Å²) in [7, 11) is 0. The minimum Gasteiger partial charge on any atom is -0.369 e. The molecule has 1 aliphatic heterocycles. The Balaban J connectivity index is 1.77. The van der Waals surface area contributed by atoms with E-state index in [1.165, 1.54) is 6.07 Å². The summed E-state index contributed by atoms with van der Waals surface area (Å²) < 4.78 is 38.6. The Morgan fingerprint density at radius 3 is 2.41 bits per heavy atom. The highest BCUT2D eigenvalue weighted by Crippen LogP contribution is 2.33. The smallest absolute Gasteiger partial charge is 0.369 e. The van der Waals surface area contributed by atoms with Crippen molar-refractivity contribution >= 4 is 11.6 Å². The van der Waals surface area contributed by atoms with Crippen molar-refractivity contribution in [2.75, 3.05) is 31.1 Å². The van der Waals surface area contributed by atoms with Crippen LogP contribution in [0.2, 0.25) is 0 Å². The monoisotopic (exact) mass is 373 g/mol. The van der Waals surface area contributed by atoms with Crippen LogP contribution in [0.15, 0.2) is 48.5 Å². The first kappa shape index (κ1) is 18.8. The predicted molar refractivity (Wildman–Crippen MR) is 95.3 cm³/mol. The highest BCUT2D eigenvalue weighted by molar-refractivity contribution is 5.94. The van der Waals surface area contributed by atoms with Crippen LogP contribution in [0.5, 0.6) is 0 Å². The van der Waals surface area contributed by atoms with Crippen molar-refractivity contribution in [1.29, 1.82) is 5.26 Å². The number of carbonyl (C=O) groups excluding carboxylic acids is 1. The van der Waals surface area contributed by atoms with E-state index in [-0.39, 0.29) is 11.5 Å². The van der Waals surface area contributed by atoms with Crippen molar-refractivity contribution in [3.63, 3.8) is 0 Å². The second-order valence-electron chi connectivity index (χ2n) is 6.34. The molecule has 1 heterocycles. The summed E-state index contributed by atoms with van der Waals surface area (Å²) in [4.78, 5) is 16.2. The van der Waals surface area contributed by atoms with Gasteiger partial charge in [-0.2, -0.15) is 18.4 Å². The van der Waals surface area contributed by atoms with Crippen molar-refractivity contribution in [1.82, 2.24) is 4.90 Å². The van der Waals surface area contributed by atoms with E-state index in [0.29, 0.717) is 43.9 Å². The lowest BCUT2D eigenvalue weighted by atomic mass is 10.1. The first-order valence-electron chi connectivity index (χ1n) is 8.61. The zero-order valence-corrected chi connectivity index (χ0v) is 14.5. The largest absolute Gasteiger partial charge is 0.416 e. The fourth-order valence-electron chi connectivity index (χ4n) is 3.20. The van der Waals surface area contributed by atoms with Gasteiger partial charge >= 0.3 is 6.18 Å². The second-order valence-corrected chi connectivity index (χ2v) is 6.34. The number of hydrogen-bond donors (Lipinski definition) is 0. The van der Waals surface area contributed by atoms with Gasteiger partial charge in [-0.3, -0.25) is 4.79 Å². The van der Waals surface area contributed by atoms with Crippen LogP contribution in [0.1, 0.15) is 27.9 Å². The molecule has 0 N–H and O–H groups in total. The van der Waals surface area contributed by atoms with E-state index in [9.17, 15) is 23.2 Å². The molecule has 7 heteroatoms. The number of hydrogen-bond acceptors (Lipinski definition) is 3. The van der Waals surface area contributed by atoms with Crippen molar-refractivity contribution in [3.8, 4) is 6.07 Å². The Labute approximate surface area is 155 Å². The third-order valence-corrected chi connectivity index (χ3v) is 4.59. The molecule has 4 nitrogen and oxygen atoms in total. The molecule has 0 radical (unpaired) electrons. The molecule has 1 saturated heterocycles. The first-order valence-corrected chi connectivity index (χ1v) is 8.61. The van der Waals surface area contributed by atoms with E-state index < -0.39 is 11.7 Å². The third kappa shape index (κ3) is 4.22. The number of benzene rings is 2. The van der Waals surface area contributed by atoms with Gasteiger partial charge < -0.3 is 9.80 Å². The molecule has 0 spiro atoms. The van der Waals surface area contributed by atoms with Crippen LogP contribution in [0.4, 0.5) is 18.9 Å². The van der Waals surface area contributed by atoms with Crippen LogP contribution >= 0.6 is 0 Å². The summed E-state index contributed by atoms with van der Waals surface area (Å²) in [6.07, 6.45) is -3.81. The predicted octanol–water partition coefficient (Wildman–Crippen LogP) is 3.93. The first-order chi connectivity index (χ1) is 12.9. The average Bonchev–Trinajstić information content (AvgIpc) is 2.93. The summed E-state index contributed by atoms with van der Waals surface area (Å²) in [6.45, 7) is 2.03. The summed E-state index contributed by atoms with van der Waals surface area (Å²) in [5.74, 6) is -0.0645. The Morgan fingerprint density at radius 1 is 1.00 bits per heavy atom. The highest BCUT2D eigenvalue weighted by atomic mass is 19.4. The van der Waals surface area contributed by atoms with E-state index in [4.69, 9.17) is 0 Å². The number of nitriles is 1. The van der Waals surface area contributed by atoms with E-state index in [1.807, 2.05) is 17.0 Å². The number of nitrogens with zero attached hydrogens (tertiary/aromatic N) is 3. The van der Waals surface area contributed by atoms with Crippen LogP contribution in [0.3, 0.4) is 0 Å². The van der Waals surface area contributed by atoms with Gasteiger partial charge in [-0.15, -0.1) is 0 Å². The molecule has 0 unspecified atom stereocenters. The lowest BCUT2D eigenvalue weighted by molar-refractivity contribution is -0.137. The molecule has 27 heavy (non-hydrogen) atoms. The molecule has 0 atom stereocenters. The molecule has 2 aromatic rings. The summed E-state index contributed by atoms with van der Waals surface area (Å²) in [6, 6.07) is 14.1. The quantitative estimate of drug-likeness (QED) is 0.801. The van der Waals surface area contributed by atoms with Crippen molar-refractivity contribution in [2.45, 2.75) is 12.6 Å². The minimum atomic E-state index is -4.48. The lowest BCUT2D eigenvalue weighted by Gasteiger charge is -2.25. The zero-order valence-electron chi connectivity index (χ0n) is 14.5. The van der Waals surface area contributed by atoms with Crippen molar-refractivity contribution in [2.24, 2.45) is 0 Å². The average molecular weight is 373 g/mol. The maximum Gasteiger partial charge on any atom is 0.416 e. The molecular weight excluding hydrogens is 355 g/mol. The van der Waals surface area contributed by atoms with Gasteiger partial charge in [0.15, 0.2) is 0 Å². The van der Waals surface area contributed by atoms with E-state index in [0.717, 1.165) is 12.1 Å². The lowest BCUT2D eigenvalue weighted by Crippen LogP contribution is -2.35. The van der Waals surface area contributed by atoms with Crippen LogP contribution in [-0.2, 0) is 6.18 Å². The zero-order chi connectivity index (χ0) is 19.4. The van der Waals surface area contributed by atoms with Gasteiger partial charge in [0, 0.05) is 31.7 Å². The maximum atomic E-state index is 12.9. The Kier molecular flexibility index (Phi) is 5.36. The van der Waals surface area contributed by atoms with Crippen molar-refractivity contribution in [3.05, 3.63) is 65.2 Å². The van der Waals surface area contributed by atoms with Crippen molar-refractivity contribution < 1.29 is 18.0 Å². The molecule has 3 rings (SSSR count). The highest BCUT2D eigenvalue weighted by Gasteiger charge is 2.31. The van der Waals surface area contributed by atoms with E-state index in [1.54, 1.807) is 29.2 Å². The standard InChI is InChI=1S/C20H18F3N3O/c21-20(22,23)17-7-8-18(16(13-17)14-24)25-9-4-10-26(12-11-25)19(27)15-5-2-1-3-6-15/h1-3,5-8,13H,4,9-12H2. The Hall–Kier alpha value is -3.01. The fourth-order valence-corrected chi connectivity index (χ4v) is 3.20. The van der Waals surface area contributed by atoms with Gasteiger partial charge in [0.2, 0.25) is 0 Å². The summed E-state index contributed by atoms with van der Waals surface area (Å²) in [5.41, 5.74) is 0.240. The SMILES string of the molecule is N#Cc1cc(C(F)(F)F)ccc1N1CCCN(C(=O)c2ccccc2)CC1. The number of rotatable bonds is 2. The molecule has 1 fully saturated rings. The molecule has 0 aromatic heterocycles. The summed E-state index contributed by atoms with van der Waals surface area (Å²) in [5, 5.41) is 9.29. The van der Waals surface area contributed by atoms with Gasteiger partial charge in [-0.1, -0.05) is 18.2 Å². The number of carbonyl (C=O) groups is 1. The van der Waals surface area contributed by atoms with Crippen LogP contribution in [0, 0.1) is 11.3 Å². The Bertz CT molecular complexity index is 859. The number of alkyl halides is 3. The molecule has 2 aromatic carbocycles. The van der Waals surface area contributed by atoms with Crippen LogP contribution < -0.4 is 4.90 Å². The fraction of sp³-hybridized carbons (Fsp3) is 0.300. The van der Waals surface area contributed by atoms with Gasteiger partial charge in [0.1, 0.15) is 6.07 Å². The molecule has 0 bridgehead atoms. The van der Waals surface area contributed by atoms with Gasteiger partial charge in [0.25, 0.3) is 5.91 Å². The van der Waals surface area contributed by atoms with E-state index >= 15 is 0 Å². The molecule has 140 valence electrons. The van der Waals surface area contributed by atoms with Crippen LogP contribution in [-0.4, -0.2) is 37.0 Å².